The number of nitrogens with zero attached hydrogens (tertiary/aromatic N) is 1. The van der Waals surface area contributed by atoms with Gasteiger partial charge < -0.3 is 4.74 Å². The van der Waals surface area contributed by atoms with Crippen molar-refractivity contribution in [2.75, 3.05) is 7.11 Å². The Kier molecular flexibility index (Phi) is 3.96. The molecule has 0 unspecified atom stereocenters. The number of sulfonamides is 1. The summed E-state index contributed by atoms with van der Waals surface area (Å²) < 4.78 is 28.0. The Morgan fingerprint density at radius 1 is 1.33 bits per heavy atom. The number of benzene rings is 1. The van der Waals surface area contributed by atoms with Crippen LogP contribution in [-0.2, 0) is 26.0 Å². The van der Waals surface area contributed by atoms with Crippen molar-refractivity contribution < 1.29 is 17.9 Å². The quantitative estimate of drug-likeness (QED) is 0.738. The fraction of sp³-hybridized carbons (Fsp3) is 0.167. The van der Waals surface area contributed by atoms with Crippen molar-refractivity contribution in [1.29, 1.82) is 0 Å². The van der Waals surface area contributed by atoms with E-state index in [4.69, 9.17) is 5.14 Å². The summed E-state index contributed by atoms with van der Waals surface area (Å²) in [7, 11) is -2.53. The Bertz CT molecular complexity index is 817. The van der Waals surface area contributed by atoms with E-state index >= 15 is 0 Å². The minimum absolute atomic E-state index is 0.0550. The van der Waals surface area contributed by atoms with E-state index < -0.39 is 16.0 Å². The maximum absolute atomic E-state index is 11.8. The van der Waals surface area contributed by atoms with Gasteiger partial charge in [0.1, 0.15) is 0 Å². The first kappa shape index (κ1) is 15.0. The molecule has 8 nitrogen and oxygen atoms in total. The summed E-state index contributed by atoms with van der Waals surface area (Å²) in [6.45, 7) is 0. The summed E-state index contributed by atoms with van der Waals surface area (Å²) >= 11 is 0. The van der Waals surface area contributed by atoms with Gasteiger partial charge in [0.25, 0.3) is 5.56 Å². The molecule has 0 spiro atoms. The largest absolute Gasteiger partial charge is 0.469 e. The van der Waals surface area contributed by atoms with Gasteiger partial charge in [-0.15, -0.1) is 0 Å². The van der Waals surface area contributed by atoms with E-state index in [0.717, 1.165) is 0 Å². The van der Waals surface area contributed by atoms with Gasteiger partial charge in [-0.1, -0.05) is 0 Å². The minimum atomic E-state index is -3.78. The SMILES string of the molecule is COC(=O)Cc1cc(=O)n(-c2ccc(S(N)(=O)=O)cc2)[nH]1. The van der Waals surface area contributed by atoms with Crippen molar-refractivity contribution >= 4 is 16.0 Å². The number of nitrogens with two attached hydrogens (primary N) is 1. The minimum Gasteiger partial charge on any atom is -0.469 e. The second-order valence-corrected chi connectivity index (χ2v) is 5.81. The molecule has 0 aliphatic heterocycles. The zero-order valence-electron chi connectivity index (χ0n) is 11.1. The molecule has 0 atom stereocenters. The molecule has 1 aromatic carbocycles. The normalized spacial score (nSPS) is 11.3. The lowest BCUT2D eigenvalue weighted by Crippen LogP contribution is -2.15. The molecule has 0 fully saturated rings. The Hall–Kier alpha value is -2.39. The number of ether oxygens (including phenoxy) is 1. The van der Waals surface area contributed by atoms with Gasteiger partial charge in [-0.2, -0.15) is 0 Å². The van der Waals surface area contributed by atoms with Gasteiger partial charge >= 0.3 is 5.97 Å². The van der Waals surface area contributed by atoms with Crippen LogP contribution in [0.4, 0.5) is 0 Å². The lowest BCUT2D eigenvalue weighted by Gasteiger charge is -2.03. The van der Waals surface area contributed by atoms with Crippen LogP contribution in [-0.4, -0.2) is 31.3 Å². The Balaban J connectivity index is 2.34. The lowest BCUT2D eigenvalue weighted by molar-refractivity contribution is -0.139. The van der Waals surface area contributed by atoms with Gasteiger partial charge in [-0.3, -0.25) is 14.7 Å². The number of carbonyl (C=O) groups is 1. The fourth-order valence-electron chi connectivity index (χ4n) is 1.74. The second kappa shape index (κ2) is 5.54. The number of H-pyrrole nitrogens is 1. The predicted molar refractivity (Wildman–Crippen MR) is 73.5 cm³/mol. The molecule has 0 aliphatic carbocycles. The molecule has 21 heavy (non-hydrogen) atoms. The molecule has 0 amide bonds. The zero-order chi connectivity index (χ0) is 15.6. The summed E-state index contributed by atoms with van der Waals surface area (Å²) in [6.07, 6.45) is -0.0615. The summed E-state index contributed by atoms with van der Waals surface area (Å²) in [5.74, 6) is -0.479. The monoisotopic (exact) mass is 311 g/mol. The van der Waals surface area contributed by atoms with Crippen molar-refractivity contribution in [2.45, 2.75) is 11.3 Å². The van der Waals surface area contributed by atoms with Crippen molar-refractivity contribution in [2.24, 2.45) is 5.14 Å². The van der Waals surface area contributed by atoms with Crippen molar-refractivity contribution in [1.82, 2.24) is 9.78 Å². The zero-order valence-corrected chi connectivity index (χ0v) is 11.9. The number of carbonyl (C=O) groups excluding carboxylic acids is 1. The van der Waals surface area contributed by atoms with Crippen LogP contribution in [0.5, 0.6) is 0 Å². The lowest BCUT2D eigenvalue weighted by atomic mass is 10.3. The molecular formula is C12H13N3O5S. The van der Waals surface area contributed by atoms with Crippen molar-refractivity contribution in [3.05, 3.63) is 46.4 Å². The third-order valence-corrected chi connectivity index (χ3v) is 3.69. The Morgan fingerprint density at radius 2 is 1.95 bits per heavy atom. The Labute approximate surface area is 120 Å². The summed E-state index contributed by atoms with van der Waals surface area (Å²) in [5.41, 5.74) is 0.433. The number of methoxy groups -OCH3 is 1. The van der Waals surface area contributed by atoms with Gasteiger partial charge in [0, 0.05) is 11.8 Å². The van der Waals surface area contributed by atoms with E-state index in [1.807, 2.05) is 0 Å². The van der Waals surface area contributed by atoms with E-state index in [1.165, 1.54) is 42.1 Å². The van der Waals surface area contributed by atoms with Crippen LogP contribution >= 0.6 is 0 Å². The van der Waals surface area contributed by atoms with Gasteiger partial charge in [0.05, 0.1) is 24.1 Å². The molecule has 9 heteroatoms. The van der Waals surface area contributed by atoms with Gasteiger partial charge in [0.15, 0.2) is 0 Å². The third-order valence-electron chi connectivity index (χ3n) is 2.76. The molecule has 2 aromatic rings. The predicted octanol–water partition coefficient (Wildman–Crippen LogP) is -0.471. The van der Waals surface area contributed by atoms with Gasteiger partial charge in [-0.05, 0) is 24.3 Å². The van der Waals surface area contributed by atoms with E-state index in [1.54, 1.807) is 0 Å². The number of esters is 1. The third kappa shape index (κ3) is 3.38. The molecule has 1 heterocycles. The number of hydrogen-bond acceptors (Lipinski definition) is 5. The topological polar surface area (TPSA) is 124 Å². The van der Waals surface area contributed by atoms with E-state index in [2.05, 4.69) is 9.84 Å². The smallest absolute Gasteiger partial charge is 0.311 e. The van der Waals surface area contributed by atoms with Crippen LogP contribution in [0.2, 0.25) is 0 Å². The molecular weight excluding hydrogens is 298 g/mol. The Morgan fingerprint density at radius 3 is 2.48 bits per heavy atom. The first-order valence-corrected chi connectivity index (χ1v) is 7.37. The molecule has 3 N–H and O–H groups in total. The molecule has 0 saturated carbocycles. The first-order chi connectivity index (χ1) is 9.81. The van der Waals surface area contributed by atoms with Crippen LogP contribution < -0.4 is 10.7 Å². The van der Waals surface area contributed by atoms with Gasteiger partial charge in [-0.25, -0.2) is 18.2 Å². The van der Waals surface area contributed by atoms with Crippen LogP contribution in [0.25, 0.3) is 5.69 Å². The second-order valence-electron chi connectivity index (χ2n) is 4.25. The number of aromatic nitrogens is 2. The summed E-state index contributed by atoms with van der Waals surface area (Å²) in [6, 6.07) is 6.71. The molecule has 0 bridgehead atoms. The standard InChI is InChI=1S/C12H13N3O5S/c1-20-12(17)7-8-6-11(16)15(14-8)9-2-4-10(5-3-9)21(13,18)19/h2-6,14H,7H2,1H3,(H2,13,18,19). The number of primary sulfonamides is 1. The molecule has 1 aromatic heterocycles. The van der Waals surface area contributed by atoms with E-state index in [9.17, 15) is 18.0 Å². The van der Waals surface area contributed by atoms with E-state index in [-0.39, 0.29) is 16.9 Å². The highest BCUT2D eigenvalue weighted by Crippen LogP contribution is 2.11. The number of nitrogens with one attached hydrogen (secondary N) is 1. The number of aromatic amines is 1. The summed E-state index contributed by atoms with van der Waals surface area (Å²) in [4.78, 5) is 22.9. The average Bonchev–Trinajstić information content (AvgIpc) is 2.78. The van der Waals surface area contributed by atoms with Crippen molar-refractivity contribution in [3.63, 3.8) is 0 Å². The maximum atomic E-state index is 11.8. The molecule has 112 valence electrons. The van der Waals surface area contributed by atoms with Crippen molar-refractivity contribution in [3.8, 4) is 5.69 Å². The highest BCUT2D eigenvalue weighted by molar-refractivity contribution is 7.89. The average molecular weight is 311 g/mol. The molecule has 0 radical (unpaired) electrons. The van der Waals surface area contributed by atoms with Crippen LogP contribution in [0.1, 0.15) is 5.69 Å². The number of rotatable bonds is 4. The van der Waals surface area contributed by atoms with Crippen LogP contribution in [0.3, 0.4) is 0 Å². The molecule has 0 aliphatic rings. The maximum Gasteiger partial charge on any atom is 0.311 e. The van der Waals surface area contributed by atoms with Crippen LogP contribution in [0.15, 0.2) is 40.0 Å². The first-order valence-electron chi connectivity index (χ1n) is 5.82. The highest BCUT2D eigenvalue weighted by Gasteiger charge is 2.11. The number of hydrogen-bond donors (Lipinski definition) is 2. The highest BCUT2D eigenvalue weighted by atomic mass is 32.2. The molecule has 2 rings (SSSR count). The van der Waals surface area contributed by atoms with E-state index in [0.29, 0.717) is 11.4 Å². The van der Waals surface area contributed by atoms with Gasteiger partial charge in [0.2, 0.25) is 10.0 Å². The fourth-order valence-corrected chi connectivity index (χ4v) is 2.25. The summed E-state index contributed by atoms with van der Waals surface area (Å²) in [5, 5.41) is 7.74. The molecule has 0 saturated heterocycles. The van der Waals surface area contributed by atoms with Crippen LogP contribution in [0, 0.1) is 0 Å².